The Kier molecular flexibility index (Phi) is 9.31. The third kappa shape index (κ3) is 7.08. The Bertz CT molecular complexity index is 1310. The Morgan fingerprint density at radius 2 is 2.00 bits per heavy atom. The van der Waals surface area contributed by atoms with Crippen LogP contribution in [0.15, 0.2) is 83.0 Å². The molecule has 9 heteroatoms. The smallest absolute Gasteiger partial charge is 0.251 e. The molecule has 2 aromatic carbocycles. The van der Waals surface area contributed by atoms with Gasteiger partial charge < -0.3 is 15.7 Å². The molecule has 0 fully saturated rings. The van der Waals surface area contributed by atoms with Crippen LogP contribution in [0.3, 0.4) is 0 Å². The van der Waals surface area contributed by atoms with Gasteiger partial charge in [-0.15, -0.1) is 11.3 Å². The van der Waals surface area contributed by atoms with Crippen molar-refractivity contribution in [2.75, 3.05) is 12.4 Å². The van der Waals surface area contributed by atoms with E-state index in [0.717, 1.165) is 37.2 Å². The van der Waals surface area contributed by atoms with Gasteiger partial charge in [0.2, 0.25) is 0 Å². The lowest BCUT2D eigenvalue weighted by Crippen LogP contribution is -2.22. The van der Waals surface area contributed by atoms with E-state index in [1.54, 1.807) is 49.7 Å². The minimum atomic E-state index is -0.212. The topological polar surface area (TPSA) is 91.3 Å². The van der Waals surface area contributed by atoms with Gasteiger partial charge >= 0.3 is 0 Å². The van der Waals surface area contributed by atoms with Gasteiger partial charge in [-0.2, -0.15) is 0 Å². The molecule has 35 heavy (non-hydrogen) atoms. The fourth-order valence-electron chi connectivity index (χ4n) is 3.05. The summed E-state index contributed by atoms with van der Waals surface area (Å²) in [6.45, 7) is 5.66. The summed E-state index contributed by atoms with van der Waals surface area (Å²) in [6, 6.07) is 10.5. The number of aliphatic hydroxyl groups is 1. The molecular weight excluding hydrogens is 502 g/mol. The van der Waals surface area contributed by atoms with Crippen molar-refractivity contribution in [2.45, 2.75) is 23.3 Å². The summed E-state index contributed by atoms with van der Waals surface area (Å²) >= 11 is 8.87. The van der Waals surface area contributed by atoms with Gasteiger partial charge in [0.1, 0.15) is 10.8 Å². The second kappa shape index (κ2) is 12.4. The van der Waals surface area contributed by atoms with E-state index >= 15 is 0 Å². The second-order valence-corrected chi connectivity index (χ2v) is 9.88. The van der Waals surface area contributed by atoms with Gasteiger partial charge in [-0.25, -0.2) is 4.98 Å². The van der Waals surface area contributed by atoms with E-state index in [-0.39, 0.29) is 11.7 Å². The summed E-state index contributed by atoms with van der Waals surface area (Å²) in [5.41, 5.74) is 2.64. The maximum absolute atomic E-state index is 12.8. The highest BCUT2D eigenvalue weighted by atomic mass is 35.5. The molecule has 0 atom stereocenters. The van der Waals surface area contributed by atoms with Crippen molar-refractivity contribution in [1.82, 2.24) is 10.3 Å². The molecule has 1 amide bonds. The van der Waals surface area contributed by atoms with Gasteiger partial charge in [0, 0.05) is 55.3 Å². The van der Waals surface area contributed by atoms with Crippen LogP contribution in [-0.4, -0.2) is 29.3 Å². The van der Waals surface area contributed by atoms with Crippen LogP contribution < -0.4 is 10.6 Å². The first-order chi connectivity index (χ1) is 16.8. The molecule has 1 aromatic heterocycles. The fraction of sp³-hybridized carbons (Fsp3) is 0.115. The number of aldehydes is 1. The number of hydrogen-bond acceptors (Lipinski definition) is 7. The molecule has 0 unspecified atom stereocenters. The normalized spacial score (nSPS) is 11.5. The number of halogens is 1. The zero-order valence-electron chi connectivity index (χ0n) is 19.2. The molecule has 0 bridgehead atoms. The van der Waals surface area contributed by atoms with Crippen molar-refractivity contribution >= 4 is 58.2 Å². The lowest BCUT2D eigenvalue weighted by molar-refractivity contribution is 0.0951. The van der Waals surface area contributed by atoms with Crippen molar-refractivity contribution < 1.29 is 14.7 Å². The minimum absolute atomic E-state index is 0.0314. The quantitative estimate of drug-likeness (QED) is 0.154. The number of anilines is 1. The summed E-state index contributed by atoms with van der Waals surface area (Å²) in [5.74, 6) is -0.244. The minimum Gasteiger partial charge on any atom is -0.509 e. The Morgan fingerprint density at radius 3 is 2.69 bits per heavy atom. The van der Waals surface area contributed by atoms with Crippen LogP contribution in [0.4, 0.5) is 5.69 Å². The van der Waals surface area contributed by atoms with E-state index in [1.807, 2.05) is 19.1 Å². The second-order valence-electron chi connectivity index (χ2n) is 7.25. The maximum Gasteiger partial charge on any atom is 0.251 e. The van der Waals surface area contributed by atoms with Crippen molar-refractivity contribution in [3.05, 3.63) is 99.2 Å². The summed E-state index contributed by atoms with van der Waals surface area (Å²) in [7, 11) is 1.78. The van der Waals surface area contributed by atoms with Gasteiger partial charge in [0.25, 0.3) is 5.91 Å². The number of carbonyl (C=O) groups is 2. The average Bonchev–Trinajstić information content (AvgIpc) is 3.32. The number of allylic oxidation sites excluding steroid dienone is 4. The van der Waals surface area contributed by atoms with Crippen molar-refractivity contribution in [1.29, 1.82) is 0 Å². The van der Waals surface area contributed by atoms with Crippen LogP contribution in [0.1, 0.15) is 37.5 Å². The molecule has 0 saturated heterocycles. The molecule has 0 aliphatic heterocycles. The van der Waals surface area contributed by atoms with Crippen LogP contribution in [-0.2, 0) is 6.54 Å². The van der Waals surface area contributed by atoms with E-state index < -0.39 is 0 Å². The van der Waals surface area contributed by atoms with Crippen LogP contribution in [0.2, 0.25) is 5.02 Å². The van der Waals surface area contributed by atoms with Crippen LogP contribution >= 0.6 is 34.7 Å². The zero-order chi connectivity index (χ0) is 25.4. The first-order valence-corrected chi connectivity index (χ1v) is 12.6. The Labute approximate surface area is 217 Å². The average molecular weight is 526 g/mol. The highest BCUT2D eigenvalue weighted by Crippen LogP contribution is 2.36. The number of rotatable bonds is 10. The molecule has 0 radical (unpaired) electrons. The van der Waals surface area contributed by atoms with Gasteiger partial charge in [0.05, 0.1) is 6.54 Å². The standard InChI is InChI=1S/C26H24ClN3O3S2/c1-4-17(6-5-16(2)32)26-30-14-21(34-26)13-29-25(33)18-7-9-24(22(12-18)28-3)35-23-10-8-20(27)11-19(23)15-31/h4-12,14-15,28,32H,2,13H2,1,3H3,(H,29,33)/b6-5-,17-4+. The fourth-order valence-corrected chi connectivity index (χ4v) is 5.14. The third-order valence-electron chi connectivity index (χ3n) is 4.82. The summed E-state index contributed by atoms with van der Waals surface area (Å²) in [5, 5.41) is 16.6. The molecule has 0 saturated carbocycles. The predicted molar refractivity (Wildman–Crippen MR) is 145 cm³/mol. The van der Waals surface area contributed by atoms with Crippen LogP contribution in [0, 0.1) is 0 Å². The molecular formula is C26H24ClN3O3S2. The molecule has 6 nitrogen and oxygen atoms in total. The molecule has 0 spiro atoms. The SMILES string of the molecule is C=C(O)/C=C\C(=C/C)c1ncc(CNC(=O)c2ccc(Sc3ccc(Cl)cc3C=O)c(NC)c2)s1. The highest BCUT2D eigenvalue weighted by Gasteiger charge is 2.13. The van der Waals surface area contributed by atoms with Crippen LogP contribution in [0.5, 0.6) is 0 Å². The Morgan fingerprint density at radius 1 is 1.23 bits per heavy atom. The zero-order valence-corrected chi connectivity index (χ0v) is 21.6. The molecule has 180 valence electrons. The summed E-state index contributed by atoms with van der Waals surface area (Å²) < 4.78 is 0. The van der Waals surface area contributed by atoms with E-state index in [0.29, 0.717) is 22.7 Å². The van der Waals surface area contributed by atoms with Gasteiger partial charge in [-0.05, 0) is 55.5 Å². The number of amides is 1. The number of benzene rings is 2. The van der Waals surface area contributed by atoms with E-state index in [9.17, 15) is 14.7 Å². The number of aromatic nitrogens is 1. The lowest BCUT2D eigenvalue weighted by Gasteiger charge is -2.12. The van der Waals surface area contributed by atoms with Crippen molar-refractivity contribution in [2.24, 2.45) is 0 Å². The van der Waals surface area contributed by atoms with Crippen molar-refractivity contribution in [3.8, 4) is 0 Å². The Hall–Kier alpha value is -3.33. The highest BCUT2D eigenvalue weighted by molar-refractivity contribution is 7.99. The number of thiazole rings is 1. The lowest BCUT2D eigenvalue weighted by atomic mass is 10.2. The monoisotopic (exact) mass is 525 g/mol. The number of carbonyl (C=O) groups excluding carboxylic acids is 2. The molecule has 3 aromatic rings. The predicted octanol–water partition coefficient (Wildman–Crippen LogP) is 6.76. The molecule has 1 heterocycles. The molecule has 0 aliphatic carbocycles. The summed E-state index contributed by atoms with van der Waals surface area (Å²) in [6.07, 6.45) is 7.64. The summed E-state index contributed by atoms with van der Waals surface area (Å²) in [4.78, 5) is 31.1. The number of hydrogen-bond donors (Lipinski definition) is 3. The first kappa shape index (κ1) is 26.3. The van der Waals surface area contributed by atoms with Gasteiger partial charge in [-0.3, -0.25) is 9.59 Å². The first-order valence-electron chi connectivity index (χ1n) is 10.5. The van der Waals surface area contributed by atoms with Gasteiger partial charge in [-0.1, -0.05) is 36.0 Å². The molecule has 0 aliphatic rings. The van der Waals surface area contributed by atoms with E-state index in [4.69, 9.17) is 11.6 Å². The maximum atomic E-state index is 12.8. The van der Waals surface area contributed by atoms with Crippen LogP contribution in [0.25, 0.3) is 5.57 Å². The molecule has 3 rings (SSSR count). The molecule has 3 N–H and O–H groups in total. The number of nitrogens with one attached hydrogen (secondary N) is 2. The van der Waals surface area contributed by atoms with Gasteiger partial charge in [0.15, 0.2) is 6.29 Å². The third-order valence-corrected chi connectivity index (χ3v) is 7.27. The number of aliphatic hydroxyl groups excluding tert-OH is 1. The largest absolute Gasteiger partial charge is 0.509 e. The van der Waals surface area contributed by atoms with E-state index in [1.165, 1.54) is 29.2 Å². The van der Waals surface area contributed by atoms with Crippen molar-refractivity contribution in [3.63, 3.8) is 0 Å². The Balaban J connectivity index is 1.69. The number of nitrogens with zero attached hydrogens (tertiary/aromatic N) is 1. The van der Waals surface area contributed by atoms with E-state index in [2.05, 4.69) is 22.2 Å².